The Balaban J connectivity index is 1.90. The largest absolute Gasteiger partial charge is 0.247 e. The molecule has 0 aromatic heterocycles. The van der Waals surface area contributed by atoms with Crippen molar-refractivity contribution in [3.63, 3.8) is 0 Å². The van der Waals surface area contributed by atoms with Crippen LogP contribution in [0, 0.1) is 5.82 Å². The topological polar surface area (TPSA) is 12.4 Å². The van der Waals surface area contributed by atoms with Crippen molar-refractivity contribution in [3.8, 4) is 0 Å². The van der Waals surface area contributed by atoms with Crippen molar-refractivity contribution < 1.29 is 4.39 Å². The van der Waals surface area contributed by atoms with Gasteiger partial charge in [-0.05, 0) is 60.0 Å². The summed E-state index contributed by atoms with van der Waals surface area (Å²) in [5.41, 5.74) is 2.37. The second kappa shape index (κ2) is 9.04. The summed E-state index contributed by atoms with van der Waals surface area (Å²) in [6, 6.07) is 21.2. The van der Waals surface area contributed by atoms with E-state index in [4.69, 9.17) is 23.2 Å². The molecule has 3 aromatic carbocycles. The average molecular weight is 402 g/mol. The summed E-state index contributed by atoms with van der Waals surface area (Å²) in [5, 5.41) is 3.16. The van der Waals surface area contributed by atoms with E-state index in [9.17, 15) is 4.39 Å². The van der Waals surface area contributed by atoms with Crippen molar-refractivity contribution in [2.45, 2.75) is 4.90 Å². The summed E-state index contributed by atoms with van der Waals surface area (Å²) < 4.78 is 13.0. The van der Waals surface area contributed by atoms with Gasteiger partial charge in [0.15, 0.2) is 0 Å². The maximum Gasteiger partial charge on any atom is 0.123 e. The molecule has 1 nitrogen and oxygen atoms in total. The Morgan fingerprint density at radius 2 is 1.58 bits per heavy atom. The number of allylic oxidation sites excluding steroid dienone is 1. The van der Waals surface area contributed by atoms with E-state index in [1.165, 1.54) is 23.9 Å². The smallest absolute Gasteiger partial charge is 0.123 e. The van der Waals surface area contributed by atoms with Gasteiger partial charge in [-0.3, -0.25) is 0 Å². The van der Waals surface area contributed by atoms with Crippen LogP contribution in [0.25, 0.3) is 0 Å². The molecule has 0 aliphatic rings. The van der Waals surface area contributed by atoms with Gasteiger partial charge in [-0.25, -0.2) is 9.38 Å². The Morgan fingerprint density at radius 1 is 0.885 bits per heavy atom. The summed E-state index contributed by atoms with van der Waals surface area (Å²) in [6.45, 7) is 0. The second-order valence-corrected chi connectivity index (χ2v) is 7.15. The van der Waals surface area contributed by atoms with Crippen molar-refractivity contribution in [1.82, 2.24) is 0 Å². The third-order valence-corrected chi connectivity index (χ3v) is 4.87. The molecule has 5 heteroatoms. The van der Waals surface area contributed by atoms with Crippen molar-refractivity contribution in [2.24, 2.45) is 4.99 Å². The summed E-state index contributed by atoms with van der Waals surface area (Å²) in [4.78, 5) is 5.63. The Morgan fingerprint density at radius 3 is 2.27 bits per heavy atom. The predicted molar refractivity (Wildman–Crippen MR) is 110 cm³/mol. The van der Waals surface area contributed by atoms with Crippen LogP contribution in [-0.2, 0) is 0 Å². The molecule has 0 radical (unpaired) electrons. The quantitative estimate of drug-likeness (QED) is 0.317. The van der Waals surface area contributed by atoms with E-state index in [2.05, 4.69) is 4.99 Å². The number of halogens is 3. The minimum atomic E-state index is -0.250. The van der Waals surface area contributed by atoms with Crippen LogP contribution in [0.2, 0.25) is 10.0 Å². The first-order valence-electron chi connectivity index (χ1n) is 7.80. The van der Waals surface area contributed by atoms with E-state index in [0.717, 1.165) is 16.2 Å². The van der Waals surface area contributed by atoms with Gasteiger partial charge in [-0.2, -0.15) is 0 Å². The van der Waals surface area contributed by atoms with Crippen LogP contribution in [0.3, 0.4) is 0 Å². The number of nitrogens with zero attached hydrogens (tertiary/aromatic N) is 1. The minimum absolute atomic E-state index is 0.250. The molecule has 0 heterocycles. The van der Waals surface area contributed by atoms with Gasteiger partial charge in [0.1, 0.15) is 5.82 Å². The highest BCUT2D eigenvalue weighted by atomic mass is 35.5. The minimum Gasteiger partial charge on any atom is -0.247 e. The Hall–Kier alpha value is -2.07. The highest BCUT2D eigenvalue weighted by Gasteiger charge is 2.03. The molecule has 0 saturated carbocycles. The van der Waals surface area contributed by atoms with Crippen LogP contribution in [0.4, 0.5) is 10.1 Å². The molecule has 0 aliphatic heterocycles. The van der Waals surface area contributed by atoms with E-state index < -0.39 is 0 Å². The van der Waals surface area contributed by atoms with E-state index >= 15 is 0 Å². The van der Waals surface area contributed by atoms with Gasteiger partial charge in [0, 0.05) is 15.5 Å². The van der Waals surface area contributed by atoms with Crippen LogP contribution in [0.15, 0.2) is 94.2 Å². The molecule has 0 amide bonds. The number of benzene rings is 3. The summed E-state index contributed by atoms with van der Waals surface area (Å²) in [7, 11) is 0. The fourth-order valence-electron chi connectivity index (χ4n) is 2.18. The highest BCUT2D eigenvalue weighted by molar-refractivity contribution is 8.02. The molecule has 0 spiro atoms. The van der Waals surface area contributed by atoms with Crippen molar-refractivity contribution in [3.05, 3.63) is 106 Å². The van der Waals surface area contributed by atoms with Gasteiger partial charge in [0.25, 0.3) is 0 Å². The molecule has 3 aromatic rings. The predicted octanol–water partition coefficient (Wildman–Crippen LogP) is 7.56. The molecule has 0 atom stereocenters. The number of hydrogen-bond acceptors (Lipinski definition) is 2. The third kappa shape index (κ3) is 5.21. The molecule has 130 valence electrons. The van der Waals surface area contributed by atoms with E-state index in [1.807, 2.05) is 53.9 Å². The van der Waals surface area contributed by atoms with E-state index in [0.29, 0.717) is 15.7 Å². The highest BCUT2D eigenvalue weighted by Crippen LogP contribution is 2.26. The third-order valence-electron chi connectivity index (χ3n) is 3.48. The van der Waals surface area contributed by atoms with Gasteiger partial charge in [0.05, 0.1) is 16.4 Å². The van der Waals surface area contributed by atoms with Crippen LogP contribution >= 0.6 is 35.0 Å². The second-order valence-electron chi connectivity index (χ2n) is 5.33. The first-order chi connectivity index (χ1) is 12.6. The first kappa shape index (κ1) is 18.7. The molecule has 0 fully saturated rings. The number of para-hydroxylation sites is 1. The molecular formula is C21H14Cl2FNS. The van der Waals surface area contributed by atoms with Gasteiger partial charge >= 0.3 is 0 Å². The van der Waals surface area contributed by atoms with Crippen molar-refractivity contribution >= 4 is 46.4 Å². The normalized spacial score (nSPS) is 11.9. The number of hydrogen-bond donors (Lipinski definition) is 0. The van der Waals surface area contributed by atoms with Crippen LogP contribution in [0.5, 0.6) is 0 Å². The zero-order valence-electron chi connectivity index (χ0n) is 13.6. The molecule has 0 aliphatic carbocycles. The zero-order valence-corrected chi connectivity index (χ0v) is 15.9. The van der Waals surface area contributed by atoms with Crippen LogP contribution in [0.1, 0.15) is 5.56 Å². The standard InChI is InChI=1S/C21H14Cl2FNS/c22-16-7-5-15(6-8-16)20(25-21-4-2-1-3-19(21)23)13-14-26-18-11-9-17(24)10-12-18/h1-14H/b14-13+,25-20-. The lowest BCUT2D eigenvalue weighted by atomic mass is 10.1. The summed E-state index contributed by atoms with van der Waals surface area (Å²) >= 11 is 13.7. The lowest BCUT2D eigenvalue weighted by molar-refractivity contribution is 0.626. The van der Waals surface area contributed by atoms with Gasteiger partial charge in [-0.1, -0.05) is 59.2 Å². The Labute approximate surface area is 166 Å². The lowest BCUT2D eigenvalue weighted by Gasteiger charge is -2.04. The summed E-state index contributed by atoms with van der Waals surface area (Å²) in [5.74, 6) is -0.250. The summed E-state index contributed by atoms with van der Waals surface area (Å²) in [6.07, 6.45) is 1.90. The SMILES string of the molecule is Fc1ccc(S/C=C/C(=N/c2ccccc2Cl)c2ccc(Cl)cc2)cc1. The first-order valence-corrected chi connectivity index (χ1v) is 9.43. The van der Waals surface area contributed by atoms with Crippen LogP contribution < -0.4 is 0 Å². The Bertz CT molecular complexity index is 935. The molecule has 0 bridgehead atoms. The van der Waals surface area contributed by atoms with Gasteiger partial charge in [0.2, 0.25) is 0 Å². The molecule has 0 unspecified atom stereocenters. The molecular weight excluding hydrogens is 388 g/mol. The van der Waals surface area contributed by atoms with E-state index in [-0.39, 0.29) is 5.82 Å². The number of rotatable bonds is 5. The average Bonchev–Trinajstić information content (AvgIpc) is 2.65. The maximum atomic E-state index is 13.0. The maximum absolute atomic E-state index is 13.0. The van der Waals surface area contributed by atoms with Crippen LogP contribution in [-0.4, -0.2) is 5.71 Å². The molecule has 3 rings (SSSR count). The van der Waals surface area contributed by atoms with Gasteiger partial charge in [-0.15, -0.1) is 0 Å². The monoisotopic (exact) mass is 401 g/mol. The zero-order chi connectivity index (χ0) is 18.4. The fraction of sp³-hybridized carbons (Fsp3) is 0. The number of aliphatic imine (C=N–C) groups is 1. The number of thioether (sulfide) groups is 1. The Kier molecular flexibility index (Phi) is 6.51. The van der Waals surface area contributed by atoms with Gasteiger partial charge < -0.3 is 0 Å². The van der Waals surface area contributed by atoms with Crippen molar-refractivity contribution in [2.75, 3.05) is 0 Å². The molecule has 0 saturated heterocycles. The molecule has 0 N–H and O–H groups in total. The lowest BCUT2D eigenvalue weighted by Crippen LogP contribution is -1.96. The fourth-order valence-corrected chi connectivity index (χ4v) is 3.13. The van der Waals surface area contributed by atoms with Crippen molar-refractivity contribution in [1.29, 1.82) is 0 Å². The van der Waals surface area contributed by atoms with E-state index in [1.54, 1.807) is 18.2 Å². The molecule has 26 heavy (non-hydrogen) atoms.